The van der Waals surface area contributed by atoms with Crippen molar-refractivity contribution >= 4 is 11.7 Å². The van der Waals surface area contributed by atoms with Crippen molar-refractivity contribution < 1.29 is 19.2 Å². The Labute approximate surface area is 206 Å². The lowest BCUT2D eigenvalue weighted by Gasteiger charge is -2.35. The molecule has 0 saturated carbocycles. The number of anilines is 1. The lowest BCUT2D eigenvalue weighted by atomic mass is 9.97. The van der Waals surface area contributed by atoms with Crippen LogP contribution in [0.5, 0.6) is 0 Å². The van der Waals surface area contributed by atoms with Crippen molar-refractivity contribution in [1.82, 2.24) is 15.0 Å². The van der Waals surface area contributed by atoms with E-state index in [0.29, 0.717) is 24.7 Å². The van der Waals surface area contributed by atoms with Crippen molar-refractivity contribution in [2.24, 2.45) is 0 Å². The quantitative estimate of drug-likeness (QED) is 0.463. The predicted octanol–water partition coefficient (Wildman–Crippen LogP) is 3.01. The van der Waals surface area contributed by atoms with Gasteiger partial charge in [0.2, 0.25) is 5.91 Å². The first-order chi connectivity index (χ1) is 17.0. The van der Waals surface area contributed by atoms with Gasteiger partial charge in [-0.1, -0.05) is 59.8 Å². The molecular weight excluding hydrogens is 444 g/mol. The molecule has 2 atom stereocenters. The number of ether oxygens (including phenoxy) is 1. The fourth-order valence-corrected chi connectivity index (χ4v) is 4.37. The van der Waals surface area contributed by atoms with E-state index in [1.807, 2.05) is 30.3 Å². The Morgan fingerprint density at radius 3 is 2.43 bits per heavy atom. The molecular formula is C27H34N4O4. The van der Waals surface area contributed by atoms with Crippen LogP contribution < -0.4 is 5.32 Å². The second-order valence-electron chi connectivity index (χ2n) is 9.08. The SMILES string of the molecule is Cc1cc(NC(=O)CN2CCN(CC(O)COC(c3ccccc3)c3ccccc3C)CC2)no1. The van der Waals surface area contributed by atoms with Gasteiger partial charge in [0, 0.05) is 38.8 Å². The zero-order valence-electron chi connectivity index (χ0n) is 20.4. The molecule has 2 N–H and O–H groups in total. The van der Waals surface area contributed by atoms with E-state index in [1.54, 1.807) is 13.0 Å². The van der Waals surface area contributed by atoms with Crippen LogP contribution in [0.1, 0.15) is 28.6 Å². The number of aliphatic hydroxyl groups is 1. The fourth-order valence-electron chi connectivity index (χ4n) is 4.37. The highest BCUT2D eigenvalue weighted by Crippen LogP contribution is 2.28. The number of aliphatic hydroxyl groups excluding tert-OH is 1. The second-order valence-corrected chi connectivity index (χ2v) is 9.08. The average molecular weight is 479 g/mol. The molecule has 8 heteroatoms. The Balaban J connectivity index is 1.23. The first-order valence-corrected chi connectivity index (χ1v) is 12.1. The highest BCUT2D eigenvalue weighted by molar-refractivity contribution is 5.91. The minimum atomic E-state index is -0.601. The maximum absolute atomic E-state index is 12.3. The van der Waals surface area contributed by atoms with Gasteiger partial charge in [0.1, 0.15) is 11.9 Å². The summed E-state index contributed by atoms with van der Waals surface area (Å²) in [6.45, 7) is 8.04. The van der Waals surface area contributed by atoms with Crippen LogP contribution in [0.2, 0.25) is 0 Å². The first-order valence-electron chi connectivity index (χ1n) is 12.1. The molecule has 8 nitrogen and oxygen atoms in total. The lowest BCUT2D eigenvalue weighted by Crippen LogP contribution is -2.50. The van der Waals surface area contributed by atoms with E-state index in [0.717, 1.165) is 42.9 Å². The van der Waals surface area contributed by atoms with Crippen LogP contribution in [0.4, 0.5) is 5.82 Å². The Hall–Kier alpha value is -3.04. The van der Waals surface area contributed by atoms with Crippen LogP contribution in [0, 0.1) is 13.8 Å². The third kappa shape index (κ3) is 7.22. The second kappa shape index (κ2) is 12.1. The predicted molar refractivity (Wildman–Crippen MR) is 134 cm³/mol. The number of carbonyl (C=O) groups excluding carboxylic acids is 1. The van der Waals surface area contributed by atoms with Crippen LogP contribution in [-0.4, -0.2) is 77.9 Å². The van der Waals surface area contributed by atoms with Crippen LogP contribution in [0.15, 0.2) is 65.2 Å². The summed E-state index contributed by atoms with van der Waals surface area (Å²) >= 11 is 0. The maximum Gasteiger partial charge on any atom is 0.239 e. The van der Waals surface area contributed by atoms with Gasteiger partial charge >= 0.3 is 0 Å². The zero-order valence-corrected chi connectivity index (χ0v) is 20.4. The summed E-state index contributed by atoms with van der Waals surface area (Å²) in [6.07, 6.45) is -0.827. The number of nitrogens with zero attached hydrogens (tertiary/aromatic N) is 3. The Morgan fingerprint density at radius 2 is 1.74 bits per heavy atom. The number of aromatic nitrogens is 1. The number of hydrogen-bond acceptors (Lipinski definition) is 7. The van der Waals surface area contributed by atoms with Crippen molar-refractivity contribution in [3.8, 4) is 0 Å². The van der Waals surface area contributed by atoms with Gasteiger partial charge in [0.05, 0.1) is 19.3 Å². The molecule has 1 aliphatic rings. The normalized spacial score (nSPS) is 16.7. The smallest absolute Gasteiger partial charge is 0.239 e. The monoisotopic (exact) mass is 478 g/mol. The van der Waals surface area contributed by atoms with Gasteiger partial charge in [0.15, 0.2) is 5.82 Å². The van der Waals surface area contributed by atoms with E-state index in [2.05, 4.69) is 51.5 Å². The van der Waals surface area contributed by atoms with Crippen molar-refractivity contribution in [2.75, 3.05) is 51.2 Å². The van der Waals surface area contributed by atoms with Gasteiger partial charge in [-0.05, 0) is 30.5 Å². The molecule has 0 bridgehead atoms. The summed E-state index contributed by atoms with van der Waals surface area (Å²) in [5.41, 5.74) is 3.34. The van der Waals surface area contributed by atoms with E-state index < -0.39 is 6.10 Å². The Kier molecular flexibility index (Phi) is 8.65. The summed E-state index contributed by atoms with van der Waals surface area (Å²) in [4.78, 5) is 16.6. The topological polar surface area (TPSA) is 91.1 Å². The average Bonchev–Trinajstić information content (AvgIpc) is 3.26. The summed E-state index contributed by atoms with van der Waals surface area (Å²) in [5.74, 6) is 0.988. The van der Waals surface area contributed by atoms with Gasteiger partial charge in [0.25, 0.3) is 0 Å². The first kappa shape index (κ1) is 25.1. The van der Waals surface area contributed by atoms with Crippen LogP contribution >= 0.6 is 0 Å². The molecule has 2 unspecified atom stereocenters. The van der Waals surface area contributed by atoms with Crippen LogP contribution in [0.3, 0.4) is 0 Å². The standard InChI is InChI=1S/C27H34N4O4/c1-20-8-6-7-11-24(20)27(22-9-4-3-5-10-22)34-19-23(32)17-30-12-14-31(15-13-30)18-26(33)28-25-16-21(2)35-29-25/h3-11,16,23,27,32H,12-15,17-19H2,1-2H3,(H,28,29,33). The lowest BCUT2D eigenvalue weighted by molar-refractivity contribution is -0.117. The van der Waals surface area contributed by atoms with Gasteiger partial charge in [-0.15, -0.1) is 0 Å². The van der Waals surface area contributed by atoms with Crippen LogP contribution in [0.25, 0.3) is 0 Å². The molecule has 4 rings (SSSR count). The number of hydrogen-bond donors (Lipinski definition) is 2. The minimum Gasteiger partial charge on any atom is -0.389 e. The zero-order chi connectivity index (χ0) is 24.6. The number of piperazine rings is 1. The number of nitrogens with one attached hydrogen (secondary N) is 1. The molecule has 3 aromatic rings. The molecule has 0 spiro atoms. The molecule has 1 saturated heterocycles. The van der Waals surface area contributed by atoms with E-state index in [-0.39, 0.29) is 18.6 Å². The number of amides is 1. The molecule has 1 amide bonds. The summed E-state index contributed by atoms with van der Waals surface area (Å²) in [6, 6.07) is 20.0. The maximum atomic E-state index is 12.3. The third-order valence-electron chi connectivity index (χ3n) is 6.23. The van der Waals surface area contributed by atoms with Crippen molar-refractivity contribution in [1.29, 1.82) is 0 Å². The summed E-state index contributed by atoms with van der Waals surface area (Å²) in [7, 11) is 0. The van der Waals surface area contributed by atoms with E-state index in [4.69, 9.17) is 9.26 Å². The molecule has 1 fully saturated rings. The molecule has 2 heterocycles. The van der Waals surface area contributed by atoms with E-state index in [9.17, 15) is 9.90 Å². The Bertz CT molecular complexity index is 1080. The van der Waals surface area contributed by atoms with Gasteiger partial charge in [-0.2, -0.15) is 0 Å². The largest absolute Gasteiger partial charge is 0.389 e. The highest BCUT2D eigenvalue weighted by Gasteiger charge is 2.23. The summed E-state index contributed by atoms with van der Waals surface area (Å²) < 4.78 is 11.3. The highest BCUT2D eigenvalue weighted by atomic mass is 16.5. The van der Waals surface area contributed by atoms with Gasteiger partial charge in [-0.25, -0.2) is 0 Å². The molecule has 35 heavy (non-hydrogen) atoms. The van der Waals surface area contributed by atoms with Crippen molar-refractivity contribution in [3.63, 3.8) is 0 Å². The van der Waals surface area contributed by atoms with E-state index >= 15 is 0 Å². The fraction of sp³-hybridized carbons (Fsp3) is 0.407. The van der Waals surface area contributed by atoms with Crippen molar-refractivity contribution in [3.05, 3.63) is 83.1 Å². The number of aryl methyl sites for hydroxylation is 2. The van der Waals surface area contributed by atoms with Crippen LogP contribution in [-0.2, 0) is 9.53 Å². The van der Waals surface area contributed by atoms with Gasteiger partial charge < -0.3 is 19.7 Å². The molecule has 2 aromatic carbocycles. The number of benzene rings is 2. The molecule has 186 valence electrons. The number of β-amino-alcohol motifs (C(OH)–C–C–N with tert-alkyl or cyclic N) is 1. The number of carbonyl (C=O) groups is 1. The molecule has 1 aromatic heterocycles. The summed E-state index contributed by atoms with van der Waals surface area (Å²) in [5, 5.41) is 17.3. The van der Waals surface area contributed by atoms with Gasteiger partial charge in [-0.3, -0.25) is 14.6 Å². The molecule has 0 radical (unpaired) electrons. The number of rotatable bonds is 10. The third-order valence-corrected chi connectivity index (χ3v) is 6.23. The minimum absolute atomic E-state index is 0.108. The molecule has 0 aliphatic carbocycles. The molecule has 1 aliphatic heterocycles. The van der Waals surface area contributed by atoms with Crippen molar-refractivity contribution in [2.45, 2.75) is 26.1 Å². The van der Waals surface area contributed by atoms with E-state index in [1.165, 1.54) is 0 Å². The Morgan fingerprint density at radius 1 is 1.06 bits per heavy atom.